The Balaban J connectivity index is 2.22. The number of hydrogen-bond acceptors (Lipinski definition) is 3. The smallest absolute Gasteiger partial charge is 0.165 e. The van der Waals surface area contributed by atoms with Gasteiger partial charge in [-0.05, 0) is 18.8 Å². The summed E-state index contributed by atoms with van der Waals surface area (Å²) in [6.45, 7) is 5.47. The van der Waals surface area contributed by atoms with E-state index in [0.29, 0.717) is 24.0 Å². The van der Waals surface area contributed by atoms with Crippen molar-refractivity contribution in [2.75, 3.05) is 13.2 Å². The minimum absolute atomic E-state index is 0.230. The van der Waals surface area contributed by atoms with E-state index in [9.17, 15) is 5.11 Å². The van der Waals surface area contributed by atoms with E-state index < -0.39 is 5.60 Å². The molecule has 1 fully saturated rings. The summed E-state index contributed by atoms with van der Waals surface area (Å²) >= 11 is 6.39. The van der Waals surface area contributed by atoms with Crippen molar-refractivity contribution in [3.05, 3.63) is 22.2 Å². The van der Waals surface area contributed by atoms with E-state index in [1.54, 1.807) is 6.07 Å². The van der Waals surface area contributed by atoms with E-state index in [2.05, 4.69) is 13.8 Å². The van der Waals surface area contributed by atoms with E-state index in [1.807, 2.05) is 0 Å². The summed E-state index contributed by atoms with van der Waals surface area (Å²) < 4.78 is 11.6. The van der Waals surface area contributed by atoms with Crippen molar-refractivity contribution in [2.45, 2.75) is 44.6 Å². The number of aliphatic hydroxyl groups is 1. The lowest BCUT2D eigenvalue weighted by Crippen LogP contribution is -2.13. The molecular weight excluding hydrogens is 264 g/mol. The maximum absolute atomic E-state index is 10.5. The Morgan fingerprint density at radius 1 is 1.26 bits per heavy atom. The lowest BCUT2D eigenvalue weighted by atomic mass is 9.91. The largest absolute Gasteiger partial charge is 0.489 e. The molecule has 2 aliphatic rings. The number of ether oxygens (including phenoxy) is 2. The first-order valence-corrected chi connectivity index (χ1v) is 7.25. The minimum Gasteiger partial charge on any atom is -0.489 e. The van der Waals surface area contributed by atoms with Gasteiger partial charge in [0.2, 0.25) is 0 Å². The second-order valence-corrected chi connectivity index (χ2v) is 6.12. The van der Waals surface area contributed by atoms with Gasteiger partial charge in [0.1, 0.15) is 0 Å². The van der Waals surface area contributed by atoms with Gasteiger partial charge in [0.25, 0.3) is 0 Å². The van der Waals surface area contributed by atoms with Gasteiger partial charge in [-0.25, -0.2) is 0 Å². The van der Waals surface area contributed by atoms with Crippen LogP contribution in [0.15, 0.2) is 6.07 Å². The molecule has 1 aromatic carbocycles. The topological polar surface area (TPSA) is 38.7 Å². The average Bonchev–Trinajstić information content (AvgIpc) is 3.11. The van der Waals surface area contributed by atoms with Crippen LogP contribution in [0.3, 0.4) is 0 Å². The first-order valence-electron chi connectivity index (χ1n) is 6.88. The van der Waals surface area contributed by atoms with Crippen LogP contribution in [-0.2, 0) is 5.60 Å². The molecule has 3 nitrogen and oxygen atoms in total. The maximum atomic E-state index is 10.5. The molecule has 1 aromatic rings. The van der Waals surface area contributed by atoms with Crippen LogP contribution in [0.5, 0.6) is 11.5 Å². The lowest BCUT2D eigenvalue weighted by Gasteiger charge is -2.23. The molecule has 1 heterocycles. The third kappa shape index (κ3) is 2.19. The number of halogens is 1. The molecular formula is C15H19ClO3. The lowest BCUT2D eigenvalue weighted by molar-refractivity contribution is 0.149. The molecule has 0 bridgehead atoms. The molecule has 0 spiro atoms. The molecule has 1 aliphatic carbocycles. The second kappa shape index (κ2) is 4.57. The predicted octanol–water partition coefficient (Wildman–Crippen LogP) is 3.61. The van der Waals surface area contributed by atoms with Gasteiger partial charge in [0, 0.05) is 23.6 Å². The summed E-state index contributed by atoms with van der Waals surface area (Å²) in [6.07, 6.45) is 2.40. The Morgan fingerprint density at radius 2 is 1.95 bits per heavy atom. The number of hydrogen-bond donors (Lipinski definition) is 1. The van der Waals surface area contributed by atoms with Gasteiger partial charge >= 0.3 is 0 Å². The van der Waals surface area contributed by atoms with Crippen molar-refractivity contribution >= 4 is 11.6 Å². The fourth-order valence-corrected chi connectivity index (χ4v) is 3.07. The zero-order valence-corrected chi connectivity index (χ0v) is 12.1. The molecule has 0 atom stereocenters. The van der Waals surface area contributed by atoms with Gasteiger partial charge in [-0.2, -0.15) is 0 Å². The van der Waals surface area contributed by atoms with Gasteiger partial charge in [0.15, 0.2) is 11.5 Å². The van der Waals surface area contributed by atoms with Crippen molar-refractivity contribution < 1.29 is 14.6 Å². The summed E-state index contributed by atoms with van der Waals surface area (Å²) in [6, 6.07) is 1.79. The van der Waals surface area contributed by atoms with Crippen molar-refractivity contribution in [1.82, 2.24) is 0 Å². The predicted molar refractivity (Wildman–Crippen MR) is 74.3 cm³/mol. The van der Waals surface area contributed by atoms with E-state index in [1.165, 1.54) is 0 Å². The molecule has 0 radical (unpaired) electrons. The molecule has 3 rings (SSSR count). The number of rotatable bonds is 2. The van der Waals surface area contributed by atoms with E-state index in [-0.39, 0.29) is 5.92 Å². The van der Waals surface area contributed by atoms with Gasteiger partial charge < -0.3 is 14.6 Å². The fraction of sp³-hybridized carbons (Fsp3) is 0.600. The SMILES string of the molecule is CC(C)c1c2c(cc(Cl)c1C1(O)CC1)OCCCO2. The van der Waals surface area contributed by atoms with Crippen molar-refractivity contribution in [2.24, 2.45) is 0 Å². The molecule has 1 aliphatic heterocycles. The molecule has 104 valence electrons. The molecule has 1 saturated carbocycles. The summed E-state index contributed by atoms with van der Waals surface area (Å²) in [7, 11) is 0. The Morgan fingerprint density at radius 3 is 2.58 bits per heavy atom. The van der Waals surface area contributed by atoms with Crippen molar-refractivity contribution in [3.8, 4) is 11.5 Å². The van der Waals surface area contributed by atoms with Crippen LogP contribution in [0.4, 0.5) is 0 Å². The van der Waals surface area contributed by atoms with Crippen LogP contribution >= 0.6 is 11.6 Å². The van der Waals surface area contributed by atoms with Crippen LogP contribution in [-0.4, -0.2) is 18.3 Å². The molecule has 0 amide bonds. The third-order valence-corrected chi connectivity index (χ3v) is 4.09. The van der Waals surface area contributed by atoms with Crippen molar-refractivity contribution in [3.63, 3.8) is 0 Å². The first kappa shape index (κ1) is 13.1. The Hall–Kier alpha value is -0.930. The molecule has 4 heteroatoms. The van der Waals surface area contributed by atoms with Gasteiger partial charge in [-0.1, -0.05) is 25.4 Å². The molecule has 19 heavy (non-hydrogen) atoms. The van der Waals surface area contributed by atoms with Gasteiger partial charge in [-0.3, -0.25) is 0 Å². The van der Waals surface area contributed by atoms with E-state index >= 15 is 0 Å². The highest BCUT2D eigenvalue weighted by molar-refractivity contribution is 6.32. The molecule has 1 N–H and O–H groups in total. The Kier molecular flexibility index (Phi) is 3.14. The molecule has 0 saturated heterocycles. The van der Waals surface area contributed by atoms with Gasteiger partial charge in [0.05, 0.1) is 23.8 Å². The highest BCUT2D eigenvalue weighted by Gasteiger charge is 2.46. The highest BCUT2D eigenvalue weighted by atomic mass is 35.5. The van der Waals surface area contributed by atoms with Crippen LogP contribution in [0.1, 0.15) is 50.2 Å². The monoisotopic (exact) mass is 282 g/mol. The van der Waals surface area contributed by atoms with Crippen LogP contribution in [0.2, 0.25) is 5.02 Å². The zero-order chi connectivity index (χ0) is 13.6. The maximum Gasteiger partial charge on any atom is 0.165 e. The third-order valence-electron chi connectivity index (χ3n) is 3.79. The zero-order valence-electron chi connectivity index (χ0n) is 11.3. The molecule has 0 aromatic heterocycles. The average molecular weight is 283 g/mol. The van der Waals surface area contributed by atoms with E-state index in [4.69, 9.17) is 21.1 Å². The van der Waals surface area contributed by atoms with Gasteiger partial charge in [-0.15, -0.1) is 0 Å². The Bertz CT molecular complexity index is 507. The number of benzene rings is 1. The second-order valence-electron chi connectivity index (χ2n) is 5.71. The summed E-state index contributed by atoms with van der Waals surface area (Å²) in [5.74, 6) is 1.71. The number of fused-ring (bicyclic) bond motifs is 1. The standard InChI is InChI=1S/C15H19ClO3/c1-9(2)12-13(15(17)4-5-15)10(16)8-11-14(12)19-7-3-6-18-11/h8-9,17H,3-7H2,1-2H3. The quantitative estimate of drug-likeness (QED) is 0.901. The molecule has 0 unspecified atom stereocenters. The van der Waals surface area contributed by atoms with Crippen LogP contribution < -0.4 is 9.47 Å². The summed E-state index contributed by atoms with van der Waals surface area (Å²) in [4.78, 5) is 0. The Labute approximate surface area is 118 Å². The van der Waals surface area contributed by atoms with Crippen LogP contribution in [0.25, 0.3) is 0 Å². The summed E-state index contributed by atoms with van der Waals surface area (Å²) in [5.41, 5.74) is 1.08. The fourth-order valence-electron chi connectivity index (χ4n) is 2.69. The van der Waals surface area contributed by atoms with Crippen molar-refractivity contribution in [1.29, 1.82) is 0 Å². The summed E-state index contributed by atoms with van der Waals surface area (Å²) in [5, 5.41) is 11.1. The minimum atomic E-state index is -0.763. The van der Waals surface area contributed by atoms with E-state index in [0.717, 1.165) is 36.1 Å². The van der Waals surface area contributed by atoms with Crippen LogP contribution in [0, 0.1) is 0 Å². The first-order chi connectivity index (χ1) is 9.03. The highest BCUT2D eigenvalue weighted by Crippen LogP contribution is 2.54. The normalized spacial score (nSPS) is 20.3.